The van der Waals surface area contributed by atoms with Crippen molar-refractivity contribution < 1.29 is 9.53 Å². The lowest BCUT2D eigenvalue weighted by molar-refractivity contribution is 0.103. The second kappa shape index (κ2) is 5.43. The van der Waals surface area contributed by atoms with Gasteiger partial charge in [-0.3, -0.25) is 4.79 Å². The molecule has 0 bridgehead atoms. The van der Waals surface area contributed by atoms with Gasteiger partial charge in [-0.25, -0.2) is 4.98 Å². The smallest absolute Gasteiger partial charge is 0.215 e. The average molecular weight is 268 g/mol. The van der Waals surface area contributed by atoms with Crippen LogP contribution in [0.15, 0.2) is 36.5 Å². The number of methoxy groups -OCH3 is 1. The van der Waals surface area contributed by atoms with Crippen LogP contribution in [-0.2, 0) is 13.0 Å². The molecule has 0 aliphatic carbocycles. The van der Waals surface area contributed by atoms with Gasteiger partial charge in [0.15, 0.2) is 5.69 Å². The van der Waals surface area contributed by atoms with Crippen LogP contribution < -0.4 is 10.1 Å². The van der Waals surface area contributed by atoms with E-state index in [1.165, 1.54) is 11.1 Å². The lowest BCUT2D eigenvalue weighted by Gasteiger charge is -2.17. The van der Waals surface area contributed by atoms with Gasteiger partial charge in [-0.15, -0.1) is 0 Å². The van der Waals surface area contributed by atoms with Crippen molar-refractivity contribution in [3.8, 4) is 5.75 Å². The quantitative estimate of drug-likeness (QED) is 0.865. The third-order valence-corrected chi connectivity index (χ3v) is 3.56. The molecule has 0 saturated carbocycles. The average Bonchev–Trinajstić information content (AvgIpc) is 2.53. The van der Waals surface area contributed by atoms with E-state index in [-0.39, 0.29) is 5.78 Å². The summed E-state index contributed by atoms with van der Waals surface area (Å²) in [6.07, 6.45) is 2.62. The third-order valence-electron chi connectivity index (χ3n) is 3.56. The first-order valence-corrected chi connectivity index (χ1v) is 6.66. The van der Waals surface area contributed by atoms with Crippen LogP contribution in [0.4, 0.5) is 0 Å². The van der Waals surface area contributed by atoms with Gasteiger partial charge in [-0.1, -0.05) is 12.1 Å². The van der Waals surface area contributed by atoms with Crippen LogP contribution in [0.25, 0.3) is 0 Å². The van der Waals surface area contributed by atoms with E-state index in [9.17, 15) is 4.79 Å². The van der Waals surface area contributed by atoms with Crippen molar-refractivity contribution in [1.29, 1.82) is 0 Å². The standard InChI is InChI=1S/C16H16N2O2/c1-20-14-3-2-7-18-15(14)16(19)12-5-4-11-6-8-17-10-13(11)9-12/h2-5,7,9,17H,6,8,10H2,1H3. The van der Waals surface area contributed by atoms with E-state index >= 15 is 0 Å². The second-order valence-electron chi connectivity index (χ2n) is 4.79. The van der Waals surface area contributed by atoms with E-state index in [2.05, 4.69) is 10.3 Å². The maximum Gasteiger partial charge on any atom is 0.215 e. The number of fused-ring (bicyclic) bond motifs is 1. The predicted molar refractivity (Wildman–Crippen MR) is 76.1 cm³/mol. The molecule has 0 fully saturated rings. The molecule has 0 atom stereocenters. The largest absolute Gasteiger partial charge is 0.494 e. The summed E-state index contributed by atoms with van der Waals surface area (Å²) in [6.45, 7) is 1.81. The second-order valence-corrected chi connectivity index (χ2v) is 4.79. The topological polar surface area (TPSA) is 51.2 Å². The Hall–Kier alpha value is -2.20. The first-order valence-electron chi connectivity index (χ1n) is 6.66. The number of rotatable bonds is 3. The predicted octanol–water partition coefficient (Wildman–Crippen LogP) is 1.97. The Kier molecular flexibility index (Phi) is 3.48. The van der Waals surface area contributed by atoms with E-state index in [1.807, 2.05) is 18.2 Å². The highest BCUT2D eigenvalue weighted by molar-refractivity contribution is 6.09. The lowest BCUT2D eigenvalue weighted by atomic mass is 9.96. The zero-order valence-electron chi connectivity index (χ0n) is 11.3. The van der Waals surface area contributed by atoms with Crippen LogP contribution >= 0.6 is 0 Å². The Bertz CT molecular complexity index is 653. The van der Waals surface area contributed by atoms with Crippen LogP contribution in [0.3, 0.4) is 0 Å². The molecular weight excluding hydrogens is 252 g/mol. The molecule has 0 radical (unpaired) electrons. The summed E-state index contributed by atoms with van der Waals surface area (Å²) < 4.78 is 5.20. The van der Waals surface area contributed by atoms with Gasteiger partial charge in [0.05, 0.1) is 7.11 Å². The molecule has 20 heavy (non-hydrogen) atoms. The molecule has 102 valence electrons. The number of hydrogen-bond donors (Lipinski definition) is 1. The molecule has 2 heterocycles. The zero-order valence-corrected chi connectivity index (χ0v) is 11.3. The van der Waals surface area contributed by atoms with Gasteiger partial charge in [-0.05, 0) is 42.3 Å². The number of benzene rings is 1. The van der Waals surface area contributed by atoms with E-state index in [0.29, 0.717) is 17.0 Å². The molecule has 1 aliphatic heterocycles. The molecule has 1 aliphatic rings. The Labute approximate surface area is 117 Å². The first kappa shape index (κ1) is 12.8. The Morgan fingerprint density at radius 1 is 1.30 bits per heavy atom. The Morgan fingerprint density at radius 2 is 2.20 bits per heavy atom. The van der Waals surface area contributed by atoms with Gasteiger partial charge >= 0.3 is 0 Å². The number of carbonyl (C=O) groups excluding carboxylic acids is 1. The number of nitrogens with zero attached hydrogens (tertiary/aromatic N) is 1. The van der Waals surface area contributed by atoms with Gasteiger partial charge in [0.25, 0.3) is 0 Å². The highest BCUT2D eigenvalue weighted by Crippen LogP contribution is 2.21. The van der Waals surface area contributed by atoms with Crippen molar-refractivity contribution in [3.63, 3.8) is 0 Å². The van der Waals surface area contributed by atoms with Crippen LogP contribution in [-0.4, -0.2) is 24.4 Å². The molecular formula is C16H16N2O2. The van der Waals surface area contributed by atoms with Gasteiger partial charge in [0, 0.05) is 18.3 Å². The molecule has 0 unspecified atom stereocenters. The summed E-state index contributed by atoms with van der Waals surface area (Å²) in [7, 11) is 1.55. The molecule has 1 aromatic carbocycles. The summed E-state index contributed by atoms with van der Waals surface area (Å²) in [6, 6.07) is 9.38. The minimum absolute atomic E-state index is 0.101. The zero-order chi connectivity index (χ0) is 13.9. The highest BCUT2D eigenvalue weighted by Gasteiger charge is 2.18. The molecule has 3 rings (SSSR count). The number of carbonyl (C=O) groups is 1. The van der Waals surface area contributed by atoms with Gasteiger partial charge in [0.2, 0.25) is 5.78 Å². The monoisotopic (exact) mass is 268 g/mol. The summed E-state index contributed by atoms with van der Waals surface area (Å²) in [5.41, 5.74) is 3.52. The number of ketones is 1. The van der Waals surface area contributed by atoms with E-state index < -0.39 is 0 Å². The SMILES string of the molecule is COc1cccnc1C(=O)c1ccc2c(c1)CNCC2. The minimum Gasteiger partial charge on any atom is -0.494 e. The molecule has 1 aromatic heterocycles. The fourth-order valence-electron chi connectivity index (χ4n) is 2.48. The summed E-state index contributed by atoms with van der Waals surface area (Å²) in [5.74, 6) is 0.407. The van der Waals surface area contributed by atoms with Crippen molar-refractivity contribution >= 4 is 5.78 Å². The van der Waals surface area contributed by atoms with E-state index in [1.54, 1.807) is 25.4 Å². The van der Waals surface area contributed by atoms with Crippen LogP contribution in [0.1, 0.15) is 27.2 Å². The number of nitrogens with one attached hydrogen (secondary N) is 1. The van der Waals surface area contributed by atoms with Crippen molar-refractivity contribution in [2.75, 3.05) is 13.7 Å². The Balaban J connectivity index is 1.98. The summed E-state index contributed by atoms with van der Waals surface area (Å²) in [5, 5.41) is 3.32. The molecule has 1 N–H and O–H groups in total. The van der Waals surface area contributed by atoms with Crippen molar-refractivity contribution in [3.05, 3.63) is 58.9 Å². The number of pyridine rings is 1. The fraction of sp³-hybridized carbons (Fsp3) is 0.250. The van der Waals surface area contributed by atoms with Gasteiger partial charge in [-0.2, -0.15) is 0 Å². The summed E-state index contributed by atoms with van der Waals surface area (Å²) in [4.78, 5) is 16.7. The van der Waals surface area contributed by atoms with Crippen molar-refractivity contribution in [1.82, 2.24) is 10.3 Å². The third kappa shape index (κ3) is 2.30. The number of ether oxygens (including phenoxy) is 1. The molecule has 0 saturated heterocycles. The molecule has 0 spiro atoms. The van der Waals surface area contributed by atoms with Gasteiger partial charge < -0.3 is 10.1 Å². The normalized spacial score (nSPS) is 13.7. The lowest BCUT2D eigenvalue weighted by Crippen LogP contribution is -2.24. The molecule has 0 amide bonds. The van der Waals surface area contributed by atoms with E-state index in [0.717, 1.165) is 19.5 Å². The molecule has 4 heteroatoms. The molecule has 2 aromatic rings. The fourth-order valence-corrected chi connectivity index (χ4v) is 2.48. The van der Waals surface area contributed by atoms with Crippen LogP contribution in [0, 0.1) is 0 Å². The van der Waals surface area contributed by atoms with E-state index in [4.69, 9.17) is 4.74 Å². The maximum atomic E-state index is 12.5. The van der Waals surface area contributed by atoms with Gasteiger partial charge in [0.1, 0.15) is 5.75 Å². The first-order chi connectivity index (χ1) is 9.79. The van der Waals surface area contributed by atoms with Crippen LogP contribution in [0.5, 0.6) is 5.75 Å². The van der Waals surface area contributed by atoms with Crippen LogP contribution in [0.2, 0.25) is 0 Å². The number of hydrogen-bond acceptors (Lipinski definition) is 4. The maximum absolute atomic E-state index is 12.5. The van der Waals surface area contributed by atoms with Crippen molar-refractivity contribution in [2.45, 2.75) is 13.0 Å². The summed E-state index contributed by atoms with van der Waals surface area (Å²) >= 11 is 0. The number of aromatic nitrogens is 1. The van der Waals surface area contributed by atoms with Crippen molar-refractivity contribution in [2.24, 2.45) is 0 Å². The highest BCUT2D eigenvalue weighted by atomic mass is 16.5. The molecule has 4 nitrogen and oxygen atoms in total. The minimum atomic E-state index is -0.101. The Morgan fingerprint density at radius 3 is 3.05 bits per heavy atom.